The maximum absolute atomic E-state index is 13.1. The van der Waals surface area contributed by atoms with Gasteiger partial charge in [0.15, 0.2) is 0 Å². The van der Waals surface area contributed by atoms with Gasteiger partial charge in [0.05, 0.1) is 0 Å². The Morgan fingerprint density at radius 1 is 0.971 bits per heavy atom. The zero-order valence-corrected chi connectivity index (χ0v) is 20.3. The van der Waals surface area contributed by atoms with Crippen molar-refractivity contribution in [1.29, 1.82) is 0 Å². The molecule has 2 N–H and O–H groups in total. The molecule has 1 aromatic heterocycles. The van der Waals surface area contributed by atoms with E-state index in [0.717, 1.165) is 25.7 Å². The van der Waals surface area contributed by atoms with Crippen LogP contribution in [0.5, 0.6) is 0 Å². The SMILES string of the molecule is CC(C)c1ccc(N(CC(=O)NC2CCCCC2)C(=O)CCCC(=O)Nc2ccccn2)cc1. The van der Waals surface area contributed by atoms with E-state index >= 15 is 0 Å². The molecule has 0 atom stereocenters. The molecule has 1 aromatic carbocycles. The largest absolute Gasteiger partial charge is 0.352 e. The number of rotatable bonds is 10. The normalized spacial score (nSPS) is 14.0. The smallest absolute Gasteiger partial charge is 0.240 e. The number of nitrogens with zero attached hydrogens (tertiary/aromatic N) is 2. The van der Waals surface area contributed by atoms with Crippen LogP contribution in [-0.2, 0) is 14.4 Å². The third-order valence-electron chi connectivity index (χ3n) is 6.17. The molecule has 1 heterocycles. The van der Waals surface area contributed by atoms with Crippen LogP contribution in [0.2, 0.25) is 0 Å². The molecule has 34 heavy (non-hydrogen) atoms. The van der Waals surface area contributed by atoms with Crippen LogP contribution < -0.4 is 15.5 Å². The predicted molar refractivity (Wildman–Crippen MR) is 135 cm³/mol. The summed E-state index contributed by atoms with van der Waals surface area (Å²) in [6.07, 6.45) is 7.85. The van der Waals surface area contributed by atoms with E-state index in [1.165, 1.54) is 12.0 Å². The van der Waals surface area contributed by atoms with E-state index in [1.54, 1.807) is 29.3 Å². The minimum absolute atomic E-state index is 0.0174. The van der Waals surface area contributed by atoms with Crippen LogP contribution in [0.1, 0.15) is 76.7 Å². The summed E-state index contributed by atoms with van der Waals surface area (Å²) < 4.78 is 0. The van der Waals surface area contributed by atoms with Crippen molar-refractivity contribution in [3.05, 3.63) is 54.2 Å². The number of aromatic nitrogens is 1. The summed E-state index contributed by atoms with van der Waals surface area (Å²) in [5.41, 5.74) is 1.88. The third-order valence-corrected chi connectivity index (χ3v) is 6.17. The first kappa shape index (κ1) is 25.4. The van der Waals surface area contributed by atoms with E-state index in [-0.39, 0.29) is 43.1 Å². The first-order valence-corrected chi connectivity index (χ1v) is 12.3. The Bertz CT molecular complexity index is 938. The van der Waals surface area contributed by atoms with Gasteiger partial charge >= 0.3 is 0 Å². The van der Waals surface area contributed by atoms with Crippen LogP contribution in [0.3, 0.4) is 0 Å². The lowest BCUT2D eigenvalue weighted by molar-refractivity contribution is -0.124. The number of amides is 3. The van der Waals surface area contributed by atoms with Crippen molar-refractivity contribution in [2.24, 2.45) is 0 Å². The molecule has 1 saturated carbocycles. The Morgan fingerprint density at radius 2 is 1.71 bits per heavy atom. The molecule has 2 aromatic rings. The van der Waals surface area contributed by atoms with Crippen LogP contribution in [0, 0.1) is 0 Å². The molecule has 182 valence electrons. The highest BCUT2D eigenvalue weighted by Crippen LogP contribution is 2.22. The molecule has 0 radical (unpaired) electrons. The fourth-order valence-corrected chi connectivity index (χ4v) is 4.20. The first-order chi connectivity index (χ1) is 16.4. The third kappa shape index (κ3) is 7.97. The number of hydrogen-bond donors (Lipinski definition) is 2. The molecule has 0 saturated heterocycles. The number of anilines is 2. The monoisotopic (exact) mass is 464 g/mol. The van der Waals surface area contributed by atoms with E-state index in [2.05, 4.69) is 29.5 Å². The lowest BCUT2D eigenvalue weighted by Crippen LogP contribution is -2.45. The zero-order chi connectivity index (χ0) is 24.3. The second kappa shape index (κ2) is 12.9. The lowest BCUT2D eigenvalue weighted by atomic mass is 9.95. The number of carbonyl (C=O) groups is 3. The summed E-state index contributed by atoms with van der Waals surface area (Å²) in [6.45, 7) is 4.22. The molecular formula is C27H36N4O3. The van der Waals surface area contributed by atoms with Gasteiger partial charge in [0.2, 0.25) is 17.7 Å². The molecule has 0 spiro atoms. The van der Waals surface area contributed by atoms with E-state index in [9.17, 15) is 14.4 Å². The van der Waals surface area contributed by atoms with Crippen molar-refractivity contribution in [2.75, 3.05) is 16.8 Å². The summed E-state index contributed by atoms with van der Waals surface area (Å²) in [4.78, 5) is 43.7. The Balaban J connectivity index is 1.59. The van der Waals surface area contributed by atoms with Gasteiger partial charge in [-0.2, -0.15) is 0 Å². The minimum Gasteiger partial charge on any atom is -0.352 e. The van der Waals surface area contributed by atoms with Crippen molar-refractivity contribution in [1.82, 2.24) is 10.3 Å². The van der Waals surface area contributed by atoms with Gasteiger partial charge in [0.25, 0.3) is 0 Å². The topological polar surface area (TPSA) is 91.4 Å². The van der Waals surface area contributed by atoms with Gasteiger partial charge in [-0.15, -0.1) is 0 Å². The summed E-state index contributed by atoms with van der Waals surface area (Å²) in [5.74, 6) is 0.382. The second-order valence-corrected chi connectivity index (χ2v) is 9.25. The minimum atomic E-state index is -0.186. The highest BCUT2D eigenvalue weighted by molar-refractivity contribution is 5.99. The number of benzene rings is 1. The molecule has 3 amide bonds. The van der Waals surface area contributed by atoms with Gasteiger partial charge in [-0.25, -0.2) is 4.98 Å². The number of carbonyl (C=O) groups excluding carboxylic acids is 3. The van der Waals surface area contributed by atoms with E-state index in [1.807, 2.05) is 24.3 Å². The molecule has 1 aliphatic carbocycles. The molecule has 1 aliphatic rings. The molecule has 7 heteroatoms. The molecule has 0 bridgehead atoms. The summed E-state index contributed by atoms with van der Waals surface area (Å²) in [5, 5.41) is 5.83. The Kier molecular flexibility index (Phi) is 9.62. The average molecular weight is 465 g/mol. The van der Waals surface area contributed by atoms with Crippen LogP contribution in [-0.4, -0.2) is 35.3 Å². The van der Waals surface area contributed by atoms with Gasteiger partial charge in [0, 0.05) is 30.8 Å². The van der Waals surface area contributed by atoms with Crippen LogP contribution in [0.15, 0.2) is 48.7 Å². The van der Waals surface area contributed by atoms with Crippen LogP contribution in [0.4, 0.5) is 11.5 Å². The quantitative estimate of drug-likeness (QED) is 0.529. The number of nitrogens with one attached hydrogen (secondary N) is 2. The summed E-state index contributed by atoms with van der Waals surface area (Å²) in [6, 6.07) is 13.3. The molecule has 0 aliphatic heterocycles. The Morgan fingerprint density at radius 3 is 2.35 bits per heavy atom. The van der Waals surface area contributed by atoms with Gasteiger partial charge < -0.3 is 15.5 Å². The van der Waals surface area contributed by atoms with Gasteiger partial charge in [0.1, 0.15) is 12.4 Å². The average Bonchev–Trinajstić information content (AvgIpc) is 2.84. The highest BCUT2D eigenvalue weighted by atomic mass is 16.2. The lowest BCUT2D eigenvalue weighted by Gasteiger charge is -2.26. The van der Waals surface area contributed by atoms with E-state index < -0.39 is 0 Å². The van der Waals surface area contributed by atoms with E-state index in [4.69, 9.17) is 0 Å². The van der Waals surface area contributed by atoms with Gasteiger partial charge in [-0.1, -0.05) is 51.3 Å². The van der Waals surface area contributed by atoms with E-state index in [0.29, 0.717) is 23.8 Å². The number of pyridine rings is 1. The van der Waals surface area contributed by atoms with Crippen LogP contribution in [0.25, 0.3) is 0 Å². The maximum Gasteiger partial charge on any atom is 0.240 e. The molecule has 7 nitrogen and oxygen atoms in total. The standard InChI is InChI=1S/C27H36N4O3/c1-20(2)21-14-16-23(17-15-21)31(19-26(33)29-22-9-4-3-5-10-22)27(34)13-8-12-25(32)30-24-11-6-7-18-28-24/h6-7,11,14-18,20,22H,3-5,8-10,12-13,19H2,1-2H3,(H,29,33)(H,28,30,32). The molecule has 0 unspecified atom stereocenters. The fraction of sp³-hybridized carbons (Fsp3) is 0.481. The van der Waals surface area contributed by atoms with Crippen LogP contribution >= 0.6 is 0 Å². The molecule has 3 rings (SSSR count). The first-order valence-electron chi connectivity index (χ1n) is 12.3. The van der Waals surface area contributed by atoms with Crippen molar-refractivity contribution in [3.8, 4) is 0 Å². The van der Waals surface area contributed by atoms with Crippen molar-refractivity contribution >= 4 is 29.2 Å². The molecule has 1 fully saturated rings. The predicted octanol–water partition coefficient (Wildman–Crippen LogP) is 4.80. The second-order valence-electron chi connectivity index (χ2n) is 9.25. The van der Waals surface area contributed by atoms with Gasteiger partial charge in [-0.05, 0) is 55.0 Å². The Hall–Kier alpha value is -3.22. The van der Waals surface area contributed by atoms with Crippen molar-refractivity contribution < 1.29 is 14.4 Å². The fourth-order valence-electron chi connectivity index (χ4n) is 4.20. The zero-order valence-electron chi connectivity index (χ0n) is 20.3. The van der Waals surface area contributed by atoms with Crippen molar-refractivity contribution in [3.63, 3.8) is 0 Å². The van der Waals surface area contributed by atoms with Gasteiger partial charge in [-0.3, -0.25) is 14.4 Å². The summed E-state index contributed by atoms with van der Waals surface area (Å²) >= 11 is 0. The number of hydrogen-bond acceptors (Lipinski definition) is 4. The summed E-state index contributed by atoms with van der Waals surface area (Å²) in [7, 11) is 0. The Labute approximate surface area is 202 Å². The maximum atomic E-state index is 13.1. The highest BCUT2D eigenvalue weighted by Gasteiger charge is 2.22. The molecular weight excluding hydrogens is 428 g/mol. The van der Waals surface area contributed by atoms with Crippen molar-refractivity contribution in [2.45, 2.75) is 77.2 Å².